The molecule has 15 heavy (non-hydrogen) atoms. The Morgan fingerprint density at radius 2 is 1.67 bits per heavy atom. The molecule has 0 heterocycles. The quantitative estimate of drug-likeness (QED) is 0.515. The van der Waals surface area contributed by atoms with Gasteiger partial charge in [-0.05, 0) is 20.5 Å². The molecule has 0 aliphatic carbocycles. The van der Waals surface area contributed by atoms with Gasteiger partial charge in [-0.25, -0.2) is 0 Å². The second kappa shape index (κ2) is 7.12. The highest BCUT2D eigenvalue weighted by molar-refractivity contribution is 7.61. The lowest BCUT2D eigenvalue weighted by molar-refractivity contribution is -0.356. The Morgan fingerprint density at radius 3 is 2.00 bits per heavy atom. The van der Waals surface area contributed by atoms with Crippen molar-refractivity contribution in [1.29, 1.82) is 0 Å². The van der Waals surface area contributed by atoms with Gasteiger partial charge in [-0.2, -0.15) is 0 Å². The third-order valence-electron chi connectivity index (χ3n) is 1.28. The largest absolute Gasteiger partial charge is 0.612 e. The molecular weight excluding hydrogens is 243 g/mol. The summed E-state index contributed by atoms with van der Waals surface area (Å²) >= 11 is 5.60. The Morgan fingerprint density at radius 1 is 1.20 bits per heavy atom. The van der Waals surface area contributed by atoms with Crippen molar-refractivity contribution >= 4 is 19.2 Å². The first kappa shape index (κ1) is 14.8. The number of hydrogen-bond acceptors (Lipinski definition) is 5. The molecule has 0 unspecified atom stereocenters. The lowest BCUT2D eigenvalue weighted by Crippen LogP contribution is -2.11. The zero-order valence-electron chi connectivity index (χ0n) is 8.99. The maximum atomic E-state index is 11.9. The van der Waals surface area contributed by atoms with Gasteiger partial charge in [0.1, 0.15) is 0 Å². The van der Waals surface area contributed by atoms with E-state index in [9.17, 15) is 9.67 Å². The molecule has 0 saturated carbocycles. The molecule has 0 saturated heterocycles. The van der Waals surface area contributed by atoms with E-state index in [0.717, 1.165) is 0 Å². The van der Waals surface area contributed by atoms with Gasteiger partial charge in [0.25, 0.3) is 0 Å². The normalized spacial score (nSPS) is 13.6. The average Bonchev–Trinajstić information content (AvgIpc) is 2.17. The first-order chi connectivity index (χ1) is 7.01. The van der Waals surface area contributed by atoms with Crippen LogP contribution >= 0.6 is 19.2 Å². The zero-order valence-corrected chi connectivity index (χ0v) is 10.6. The Hall–Kier alpha value is -0.220. The van der Waals surface area contributed by atoms with Gasteiger partial charge in [0, 0.05) is 0 Å². The summed E-state index contributed by atoms with van der Waals surface area (Å²) in [6.07, 6.45) is 0. The van der Waals surface area contributed by atoms with E-state index in [4.69, 9.17) is 20.6 Å². The van der Waals surface area contributed by atoms with Crippen LogP contribution in [0.25, 0.3) is 0 Å². The van der Waals surface area contributed by atoms with Crippen LogP contribution in [0.15, 0.2) is 10.7 Å². The van der Waals surface area contributed by atoms with Crippen molar-refractivity contribution in [3.8, 4) is 0 Å². The van der Waals surface area contributed by atoms with Crippen LogP contribution < -0.4 is 5.11 Å². The molecule has 0 bridgehead atoms. The molecule has 0 aromatic rings. The molecule has 90 valence electrons. The third-order valence-corrected chi connectivity index (χ3v) is 3.92. The van der Waals surface area contributed by atoms with Gasteiger partial charge >= 0.3 is 7.60 Å². The second-order valence-electron chi connectivity index (χ2n) is 2.34. The topological polar surface area (TPSA) is 67.8 Å². The minimum Gasteiger partial charge on any atom is -0.612 e. The molecule has 7 heteroatoms. The van der Waals surface area contributed by atoms with Gasteiger partial charge in [-0.3, -0.25) is 4.57 Å². The molecule has 0 aromatic heterocycles. The summed E-state index contributed by atoms with van der Waals surface area (Å²) in [6, 6.07) is 0. The minimum absolute atomic E-state index is 0.132. The summed E-state index contributed by atoms with van der Waals surface area (Å²) < 4.78 is 25.7. The average molecular weight is 258 g/mol. The van der Waals surface area contributed by atoms with E-state index in [0.29, 0.717) is 0 Å². The fraction of sp³-hybridized carbons (Fsp3) is 0.750. The highest BCUT2D eigenvalue weighted by Gasteiger charge is 2.29. The smallest absolute Gasteiger partial charge is 0.374 e. The van der Waals surface area contributed by atoms with E-state index in [1.807, 2.05) is 0 Å². The molecule has 0 aromatic carbocycles. The first-order valence-electron chi connectivity index (χ1n) is 4.61. The third kappa shape index (κ3) is 4.43. The van der Waals surface area contributed by atoms with Crippen LogP contribution in [0.4, 0.5) is 0 Å². The van der Waals surface area contributed by atoms with Crippen LogP contribution in [0.3, 0.4) is 0 Å². The summed E-state index contributed by atoms with van der Waals surface area (Å²) in [7, 11) is -3.69. The van der Waals surface area contributed by atoms with Crippen LogP contribution in [-0.2, 0) is 18.3 Å². The fourth-order valence-corrected chi connectivity index (χ4v) is 2.41. The molecule has 0 N–H and O–H groups in total. The van der Waals surface area contributed by atoms with Crippen LogP contribution in [0.5, 0.6) is 0 Å². The summed E-state index contributed by atoms with van der Waals surface area (Å²) in [5, 5.41) is 11.2. The van der Waals surface area contributed by atoms with Gasteiger partial charge in [0.05, 0.1) is 19.2 Å². The molecule has 0 amide bonds. The minimum atomic E-state index is -3.69. The molecule has 0 aliphatic heterocycles. The summed E-state index contributed by atoms with van der Waals surface area (Å²) in [5.74, 6) is -0.871. The van der Waals surface area contributed by atoms with Crippen molar-refractivity contribution in [2.45, 2.75) is 20.8 Å². The summed E-state index contributed by atoms with van der Waals surface area (Å²) in [4.78, 5) is 0. The number of hydrogen-bond donors (Lipinski definition) is 0. The van der Waals surface area contributed by atoms with Gasteiger partial charge in [0.15, 0.2) is 4.77 Å². The first-order valence-corrected chi connectivity index (χ1v) is 6.53. The van der Waals surface area contributed by atoms with Crippen LogP contribution in [-0.4, -0.2) is 19.8 Å². The maximum absolute atomic E-state index is 11.9. The fourth-order valence-electron chi connectivity index (χ4n) is 0.793. The molecule has 0 rings (SSSR count). The van der Waals surface area contributed by atoms with Crippen molar-refractivity contribution < 1.29 is 23.5 Å². The lowest BCUT2D eigenvalue weighted by Gasteiger charge is -2.21. The van der Waals surface area contributed by atoms with Crippen molar-refractivity contribution in [3.05, 3.63) is 10.7 Å². The van der Waals surface area contributed by atoms with E-state index in [1.165, 1.54) is 0 Å². The highest BCUT2D eigenvalue weighted by Crippen LogP contribution is 2.58. The Balaban J connectivity index is 4.90. The summed E-state index contributed by atoms with van der Waals surface area (Å²) in [5.41, 5.74) is 0. The van der Waals surface area contributed by atoms with E-state index >= 15 is 0 Å². The molecule has 0 aliphatic rings. The molecule has 0 radical (unpaired) electrons. The van der Waals surface area contributed by atoms with Gasteiger partial charge < -0.3 is 18.9 Å². The van der Waals surface area contributed by atoms with Gasteiger partial charge in [-0.15, -0.1) is 0 Å². The molecule has 0 atom stereocenters. The highest BCUT2D eigenvalue weighted by atomic mass is 35.5. The SMILES string of the molecule is CCO/C([O-])=C(\Cl)P(=O)(OCC)OCC. The van der Waals surface area contributed by atoms with E-state index in [2.05, 4.69) is 4.74 Å². The molecular formula is C8H15ClO5P-. The number of rotatable bonds is 7. The Kier molecular flexibility index (Phi) is 7.02. The predicted molar refractivity (Wildman–Crippen MR) is 55.4 cm³/mol. The summed E-state index contributed by atoms with van der Waals surface area (Å²) in [6.45, 7) is 5.28. The van der Waals surface area contributed by atoms with Crippen molar-refractivity contribution in [2.75, 3.05) is 19.8 Å². The second-order valence-corrected chi connectivity index (χ2v) is 4.94. The standard InChI is InChI=1S/C8H16ClO5P/c1-4-12-8(10)7(9)15(11,13-5-2)14-6-3/h10H,4-6H2,1-3H3/p-1/b8-7+. The maximum Gasteiger partial charge on any atom is 0.374 e. The van der Waals surface area contributed by atoms with E-state index in [-0.39, 0.29) is 19.8 Å². The zero-order chi connectivity index (χ0) is 11.9. The predicted octanol–water partition coefficient (Wildman–Crippen LogP) is 2.01. The number of halogens is 1. The van der Waals surface area contributed by atoms with Gasteiger partial charge in [0.2, 0.25) is 0 Å². The van der Waals surface area contributed by atoms with Crippen molar-refractivity contribution in [1.82, 2.24) is 0 Å². The van der Waals surface area contributed by atoms with Crippen LogP contribution in [0.2, 0.25) is 0 Å². The van der Waals surface area contributed by atoms with Crippen LogP contribution in [0.1, 0.15) is 20.8 Å². The Bertz CT molecular complexity index is 256. The molecule has 0 fully saturated rings. The van der Waals surface area contributed by atoms with E-state index in [1.54, 1.807) is 20.8 Å². The molecule has 0 spiro atoms. The molecule has 5 nitrogen and oxygen atoms in total. The Labute approximate surface area is 94.5 Å². The van der Waals surface area contributed by atoms with Crippen LogP contribution in [0, 0.1) is 0 Å². The number of ether oxygens (including phenoxy) is 1. The van der Waals surface area contributed by atoms with E-state index < -0.39 is 18.3 Å². The van der Waals surface area contributed by atoms with Crippen molar-refractivity contribution in [2.24, 2.45) is 0 Å². The van der Waals surface area contributed by atoms with Crippen molar-refractivity contribution in [3.63, 3.8) is 0 Å². The monoisotopic (exact) mass is 257 g/mol. The van der Waals surface area contributed by atoms with Gasteiger partial charge in [-0.1, -0.05) is 18.5 Å². The lowest BCUT2D eigenvalue weighted by atomic mass is 10.8.